The average molecular weight is 764 g/mol. The normalized spacial score (nSPS) is 12.8. The van der Waals surface area contributed by atoms with Crippen molar-refractivity contribution in [1.29, 1.82) is 0 Å². The second-order valence-electron chi connectivity index (χ2n) is 15.7. The number of benzene rings is 8. The van der Waals surface area contributed by atoms with Crippen molar-refractivity contribution in [3.63, 3.8) is 0 Å². The summed E-state index contributed by atoms with van der Waals surface area (Å²) in [7, 11) is 0. The highest BCUT2D eigenvalue weighted by Gasteiger charge is 2.46. The first-order chi connectivity index (χ1) is 29.8. The van der Waals surface area contributed by atoms with Crippen LogP contribution in [0.25, 0.3) is 83.3 Å². The Balaban J connectivity index is 1.04. The van der Waals surface area contributed by atoms with Crippen LogP contribution in [0.4, 0.5) is 0 Å². The van der Waals surface area contributed by atoms with Gasteiger partial charge in [-0.05, 0) is 68.8 Å². The van der Waals surface area contributed by atoms with Crippen LogP contribution in [0.5, 0.6) is 0 Å². The minimum atomic E-state index is -0.482. The van der Waals surface area contributed by atoms with Crippen molar-refractivity contribution >= 4 is 27.3 Å². The summed E-state index contributed by atoms with van der Waals surface area (Å²) < 4.78 is 2.19. The molecule has 0 amide bonds. The highest BCUT2D eigenvalue weighted by atomic mass is 15.0. The zero-order chi connectivity index (χ0) is 39.6. The first kappa shape index (κ1) is 34.2. The van der Waals surface area contributed by atoms with E-state index in [9.17, 15) is 0 Å². The summed E-state index contributed by atoms with van der Waals surface area (Å²) in [4.78, 5) is 10.5. The number of rotatable bonds is 6. The first-order valence-corrected chi connectivity index (χ1v) is 20.6. The molecule has 3 heteroatoms. The van der Waals surface area contributed by atoms with E-state index in [0.717, 1.165) is 66.8 Å². The Morgan fingerprint density at radius 1 is 0.383 bits per heavy atom. The van der Waals surface area contributed by atoms with Gasteiger partial charge in [-0.15, -0.1) is 0 Å². The molecule has 0 spiro atoms. The zero-order valence-corrected chi connectivity index (χ0v) is 32.7. The van der Waals surface area contributed by atoms with Crippen LogP contribution in [-0.2, 0) is 5.41 Å². The molecule has 0 saturated heterocycles. The lowest BCUT2D eigenvalue weighted by molar-refractivity contribution is 0.769. The fourth-order valence-electron chi connectivity index (χ4n) is 9.93. The van der Waals surface area contributed by atoms with E-state index in [1.54, 1.807) is 0 Å². The summed E-state index contributed by atoms with van der Waals surface area (Å²) >= 11 is 0. The maximum atomic E-state index is 5.45. The molecule has 0 radical (unpaired) electrons. The fourth-order valence-corrected chi connectivity index (χ4v) is 9.93. The number of para-hydroxylation sites is 1. The highest BCUT2D eigenvalue weighted by molar-refractivity contribution is 6.19. The summed E-state index contributed by atoms with van der Waals surface area (Å²) in [6, 6.07) is 78.8. The van der Waals surface area contributed by atoms with Crippen LogP contribution >= 0.6 is 0 Å². The third-order valence-electron chi connectivity index (χ3n) is 12.5. The Bertz CT molecular complexity index is 3360. The van der Waals surface area contributed by atoms with Gasteiger partial charge in [0.2, 0.25) is 0 Å². The van der Waals surface area contributed by atoms with Crippen LogP contribution < -0.4 is 0 Å². The van der Waals surface area contributed by atoms with Gasteiger partial charge in [0.05, 0.1) is 28.0 Å². The molecule has 0 fully saturated rings. The van der Waals surface area contributed by atoms with Crippen molar-refractivity contribution in [3.8, 4) is 56.0 Å². The van der Waals surface area contributed by atoms with E-state index < -0.39 is 5.41 Å². The molecule has 60 heavy (non-hydrogen) atoms. The van der Waals surface area contributed by atoms with Crippen molar-refractivity contribution in [3.05, 3.63) is 247 Å². The molecule has 0 atom stereocenters. The van der Waals surface area contributed by atoms with Gasteiger partial charge in [-0.2, -0.15) is 0 Å². The number of hydrogen-bond acceptors (Lipinski definition) is 2. The lowest BCUT2D eigenvalue weighted by Crippen LogP contribution is -2.28. The van der Waals surface area contributed by atoms with Crippen LogP contribution in [0.3, 0.4) is 0 Å². The van der Waals surface area contributed by atoms with E-state index >= 15 is 0 Å². The van der Waals surface area contributed by atoms with Crippen LogP contribution in [0.15, 0.2) is 225 Å². The molecule has 3 heterocycles. The first-order valence-electron chi connectivity index (χ1n) is 20.6. The van der Waals surface area contributed by atoms with Gasteiger partial charge in [0, 0.05) is 39.0 Å². The van der Waals surface area contributed by atoms with Gasteiger partial charge >= 0.3 is 0 Å². The quantitative estimate of drug-likeness (QED) is 0.158. The van der Waals surface area contributed by atoms with Gasteiger partial charge in [-0.3, -0.25) is 4.40 Å². The van der Waals surface area contributed by atoms with Crippen molar-refractivity contribution in [1.82, 2.24) is 14.4 Å². The maximum Gasteiger partial charge on any atom is 0.137 e. The Kier molecular flexibility index (Phi) is 7.76. The number of fused-ring (bicyclic) bond motifs is 8. The third kappa shape index (κ3) is 5.09. The predicted molar refractivity (Wildman–Crippen MR) is 247 cm³/mol. The minimum absolute atomic E-state index is 0.482. The summed E-state index contributed by atoms with van der Waals surface area (Å²) in [6.45, 7) is 0. The van der Waals surface area contributed by atoms with Crippen molar-refractivity contribution in [2.75, 3.05) is 0 Å². The Labute approximate surface area is 348 Å². The number of imidazole rings is 1. The van der Waals surface area contributed by atoms with E-state index in [4.69, 9.17) is 9.97 Å². The monoisotopic (exact) mass is 763 g/mol. The molecule has 12 rings (SSSR count). The standard InChI is InChI=1S/C57H37N3/c1-4-17-39(18-5-1)55-56(60-36-15-14-29-51(60)59-55)40-32-30-38(31-33-40)41-19-16-20-42(37-41)54-47-34-35-49-53(52(47)46-26-11-13-28-50(46)58-54)45-25-10-12-27-48(45)57(49,43-21-6-2-7-22-43)44-23-8-3-9-24-44/h1-37H. The SMILES string of the molecule is c1ccc(-c2nc3ccccn3c2-c2ccc(-c3cccc(-c4nc5ccccc5c5c6c(ccc45)C(c4ccccc4)(c4ccccc4)c4ccccc4-6)c3)cc2)cc1. The molecule has 280 valence electrons. The predicted octanol–water partition coefficient (Wildman–Crippen LogP) is 14.1. The lowest BCUT2D eigenvalue weighted by atomic mass is 9.67. The Morgan fingerprint density at radius 2 is 1.02 bits per heavy atom. The smallest absolute Gasteiger partial charge is 0.137 e. The minimum Gasteiger partial charge on any atom is -0.299 e. The van der Waals surface area contributed by atoms with E-state index in [1.165, 1.54) is 38.8 Å². The number of aromatic nitrogens is 3. The third-order valence-corrected chi connectivity index (χ3v) is 12.5. The van der Waals surface area contributed by atoms with Crippen LogP contribution in [0.2, 0.25) is 0 Å². The number of nitrogens with zero attached hydrogens (tertiary/aromatic N) is 3. The van der Waals surface area contributed by atoms with E-state index in [1.807, 2.05) is 12.1 Å². The van der Waals surface area contributed by atoms with E-state index in [2.05, 4.69) is 217 Å². The summed E-state index contributed by atoms with van der Waals surface area (Å²) in [5.41, 5.74) is 17.7. The van der Waals surface area contributed by atoms with E-state index in [0.29, 0.717) is 0 Å². The second-order valence-corrected chi connectivity index (χ2v) is 15.7. The summed E-state index contributed by atoms with van der Waals surface area (Å²) in [5, 5.41) is 3.55. The van der Waals surface area contributed by atoms with Crippen molar-refractivity contribution in [2.24, 2.45) is 0 Å². The molecule has 1 aliphatic rings. The molecule has 3 nitrogen and oxygen atoms in total. The molecule has 0 aliphatic heterocycles. The second kappa shape index (κ2) is 13.6. The highest BCUT2D eigenvalue weighted by Crippen LogP contribution is 2.58. The van der Waals surface area contributed by atoms with E-state index in [-0.39, 0.29) is 0 Å². The molecule has 8 aromatic carbocycles. The topological polar surface area (TPSA) is 30.2 Å². The van der Waals surface area contributed by atoms with Gasteiger partial charge < -0.3 is 0 Å². The van der Waals surface area contributed by atoms with Crippen molar-refractivity contribution in [2.45, 2.75) is 5.41 Å². The summed E-state index contributed by atoms with van der Waals surface area (Å²) in [5.74, 6) is 0. The molecular weight excluding hydrogens is 727 g/mol. The lowest BCUT2D eigenvalue weighted by Gasteiger charge is -2.34. The number of hydrogen-bond donors (Lipinski definition) is 0. The molecule has 11 aromatic rings. The fraction of sp³-hybridized carbons (Fsp3) is 0.0175. The van der Waals surface area contributed by atoms with Crippen LogP contribution in [0.1, 0.15) is 22.3 Å². The van der Waals surface area contributed by atoms with Crippen molar-refractivity contribution < 1.29 is 0 Å². The Morgan fingerprint density at radius 3 is 1.80 bits per heavy atom. The Hall–Kier alpha value is -7.88. The number of pyridine rings is 2. The van der Waals surface area contributed by atoms with Gasteiger partial charge in [0.25, 0.3) is 0 Å². The molecule has 0 saturated carbocycles. The average Bonchev–Trinajstić information content (AvgIpc) is 3.87. The van der Waals surface area contributed by atoms with Gasteiger partial charge in [-0.25, -0.2) is 9.97 Å². The van der Waals surface area contributed by atoms with Gasteiger partial charge in [-0.1, -0.05) is 194 Å². The molecular formula is C57H37N3. The molecule has 0 unspecified atom stereocenters. The van der Waals surface area contributed by atoms with Crippen LogP contribution in [-0.4, -0.2) is 14.4 Å². The molecule has 0 bridgehead atoms. The maximum absolute atomic E-state index is 5.45. The molecule has 3 aromatic heterocycles. The summed E-state index contributed by atoms with van der Waals surface area (Å²) in [6.07, 6.45) is 2.10. The zero-order valence-electron chi connectivity index (χ0n) is 32.7. The molecule has 1 aliphatic carbocycles. The largest absolute Gasteiger partial charge is 0.299 e. The van der Waals surface area contributed by atoms with Gasteiger partial charge in [0.15, 0.2) is 0 Å². The van der Waals surface area contributed by atoms with Crippen LogP contribution in [0, 0.1) is 0 Å². The van der Waals surface area contributed by atoms with Gasteiger partial charge in [0.1, 0.15) is 5.65 Å². The molecule has 0 N–H and O–H groups in total.